The van der Waals surface area contributed by atoms with Crippen LogP contribution in [0.15, 0.2) is 0 Å². The van der Waals surface area contributed by atoms with Gasteiger partial charge in [0.05, 0.1) is 0 Å². The van der Waals surface area contributed by atoms with E-state index in [0.29, 0.717) is 0 Å². The number of nitrogens with one attached hydrogen (secondary N) is 1. The second-order valence-electron chi connectivity index (χ2n) is 1.61. The average Bonchev–Trinajstić information content (AvgIpc) is 1.86. The van der Waals surface area contributed by atoms with Crippen LogP contribution in [0.25, 0.3) is 0 Å². The predicted molar refractivity (Wildman–Crippen MR) is 36.3 cm³/mol. The van der Waals surface area contributed by atoms with Crippen molar-refractivity contribution in [3.63, 3.8) is 0 Å². The standard InChI is InChI=1S/C4H9NS.ClH/c5-6-3-1-2-4-6;/h5H,1-4H2;1H. The fourth-order valence-electron chi connectivity index (χ4n) is 0.655. The molecule has 7 heavy (non-hydrogen) atoms. The van der Waals surface area contributed by atoms with Gasteiger partial charge in [-0.2, -0.15) is 0 Å². The highest BCUT2D eigenvalue weighted by Gasteiger charge is 2.01. The first-order chi connectivity index (χ1) is 2.89. The molecular formula is C4H10ClNS. The lowest BCUT2D eigenvalue weighted by atomic mass is 10.4. The van der Waals surface area contributed by atoms with Crippen LogP contribution in [-0.4, -0.2) is 11.5 Å². The minimum atomic E-state index is 0. The van der Waals surface area contributed by atoms with Gasteiger partial charge < -0.3 is 0 Å². The summed E-state index contributed by atoms with van der Waals surface area (Å²) >= 11 is 0. The van der Waals surface area contributed by atoms with E-state index in [1.807, 2.05) is 0 Å². The lowest BCUT2D eigenvalue weighted by Crippen LogP contribution is -1.82. The van der Waals surface area contributed by atoms with E-state index in [1.54, 1.807) is 0 Å². The van der Waals surface area contributed by atoms with Gasteiger partial charge in [-0.15, -0.1) is 23.1 Å². The van der Waals surface area contributed by atoms with Crippen molar-refractivity contribution in [2.45, 2.75) is 12.8 Å². The van der Waals surface area contributed by atoms with Crippen LogP contribution in [0.1, 0.15) is 12.8 Å². The van der Waals surface area contributed by atoms with Crippen molar-refractivity contribution in [3.8, 4) is 0 Å². The molecule has 1 rings (SSSR count). The van der Waals surface area contributed by atoms with Gasteiger partial charge in [-0.25, -0.2) is 0 Å². The molecule has 0 aromatic heterocycles. The third kappa shape index (κ3) is 2.29. The average molecular weight is 140 g/mol. The first kappa shape index (κ1) is 7.44. The molecule has 0 amide bonds. The zero-order valence-electron chi connectivity index (χ0n) is 4.14. The Hall–Kier alpha value is 0.440. The quantitative estimate of drug-likeness (QED) is 0.527. The summed E-state index contributed by atoms with van der Waals surface area (Å²) in [6.07, 6.45) is 2.62. The summed E-state index contributed by atoms with van der Waals surface area (Å²) in [4.78, 5) is 0. The molecule has 3 heteroatoms. The SMILES string of the molecule is Cl.N=S1CCCC1. The summed E-state index contributed by atoms with van der Waals surface area (Å²) in [6, 6.07) is 0. The van der Waals surface area contributed by atoms with Gasteiger partial charge in [-0.1, -0.05) is 0 Å². The summed E-state index contributed by atoms with van der Waals surface area (Å²) in [5.41, 5.74) is 0. The molecule has 0 atom stereocenters. The Labute approximate surface area is 52.8 Å². The van der Waals surface area contributed by atoms with Crippen LogP contribution in [0.4, 0.5) is 0 Å². The molecule has 1 saturated heterocycles. The van der Waals surface area contributed by atoms with Crippen molar-refractivity contribution in [2.24, 2.45) is 0 Å². The van der Waals surface area contributed by atoms with E-state index in [1.165, 1.54) is 24.3 Å². The number of hydrogen-bond donors (Lipinski definition) is 1. The third-order valence-corrected chi connectivity index (χ3v) is 2.59. The van der Waals surface area contributed by atoms with Crippen molar-refractivity contribution in [3.05, 3.63) is 0 Å². The summed E-state index contributed by atoms with van der Waals surface area (Å²) in [7, 11) is 0.0772. The summed E-state index contributed by atoms with van der Waals surface area (Å²) < 4.78 is 7.16. The van der Waals surface area contributed by atoms with Crippen molar-refractivity contribution in [1.82, 2.24) is 0 Å². The van der Waals surface area contributed by atoms with Crippen LogP contribution in [-0.2, 0) is 10.7 Å². The minimum absolute atomic E-state index is 0. The van der Waals surface area contributed by atoms with E-state index in [9.17, 15) is 0 Å². The zero-order valence-corrected chi connectivity index (χ0v) is 5.78. The van der Waals surface area contributed by atoms with Gasteiger partial charge in [0.2, 0.25) is 0 Å². The lowest BCUT2D eigenvalue weighted by molar-refractivity contribution is 0.949. The fraction of sp³-hybridized carbons (Fsp3) is 1.00. The van der Waals surface area contributed by atoms with E-state index >= 15 is 0 Å². The molecule has 0 spiro atoms. The third-order valence-electron chi connectivity index (χ3n) is 1.03. The molecule has 1 N–H and O–H groups in total. The Morgan fingerprint density at radius 2 is 1.57 bits per heavy atom. The smallest absolute Gasteiger partial charge is 0.00388 e. The maximum atomic E-state index is 7.16. The summed E-state index contributed by atoms with van der Waals surface area (Å²) in [5, 5.41) is 0. The molecule has 0 unspecified atom stereocenters. The number of hydrogen-bond acceptors (Lipinski definition) is 1. The predicted octanol–water partition coefficient (Wildman–Crippen LogP) is 1.58. The summed E-state index contributed by atoms with van der Waals surface area (Å²) in [5.74, 6) is 2.36. The van der Waals surface area contributed by atoms with Crippen LogP contribution in [0.2, 0.25) is 0 Å². The Kier molecular flexibility index (Phi) is 3.66. The number of rotatable bonds is 0. The second-order valence-corrected chi connectivity index (χ2v) is 3.41. The molecule has 1 nitrogen and oxygen atoms in total. The highest BCUT2D eigenvalue weighted by molar-refractivity contribution is 7.86. The largest absolute Gasteiger partial charge is 0.280 e. The van der Waals surface area contributed by atoms with Gasteiger partial charge in [-0.3, -0.25) is 4.78 Å². The normalized spacial score (nSPS) is 21.7. The van der Waals surface area contributed by atoms with E-state index in [0.717, 1.165) is 0 Å². The van der Waals surface area contributed by atoms with Crippen molar-refractivity contribution < 1.29 is 0 Å². The molecule has 0 aliphatic carbocycles. The summed E-state index contributed by atoms with van der Waals surface area (Å²) in [6.45, 7) is 0. The maximum Gasteiger partial charge on any atom is 0.00388 e. The van der Waals surface area contributed by atoms with Crippen LogP contribution in [0.3, 0.4) is 0 Å². The molecule has 1 aliphatic heterocycles. The Balaban J connectivity index is 0.000000360. The fourth-order valence-corrected chi connectivity index (χ4v) is 1.96. The van der Waals surface area contributed by atoms with Gasteiger partial charge in [0.25, 0.3) is 0 Å². The van der Waals surface area contributed by atoms with Crippen LogP contribution < -0.4 is 0 Å². The van der Waals surface area contributed by atoms with Crippen molar-refractivity contribution >= 4 is 23.1 Å². The molecular weight excluding hydrogens is 130 g/mol. The van der Waals surface area contributed by atoms with E-state index < -0.39 is 0 Å². The maximum absolute atomic E-state index is 7.16. The van der Waals surface area contributed by atoms with Crippen LogP contribution in [0, 0.1) is 4.78 Å². The second kappa shape index (κ2) is 3.44. The molecule has 0 saturated carbocycles. The van der Waals surface area contributed by atoms with Gasteiger partial charge in [0, 0.05) is 11.5 Å². The van der Waals surface area contributed by atoms with Gasteiger partial charge in [0.15, 0.2) is 0 Å². The number of halogens is 1. The van der Waals surface area contributed by atoms with Crippen molar-refractivity contribution in [1.29, 1.82) is 4.78 Å². The Morgan fingerprint density at radius 3 is 1.71 bits per heavy atom. The molecule has 0 radical (unpaired) electrons. The molecule has 0 aromatic rings. The van der Waals surface area contributed by atoms with Gasteiger partial charge >= 0.3 is 0 Å². The minimum Gasteiger partial charge on any atom is -0.280 e. The van der Waals surface area contributed by atoms with E-state index in [2.05, 4.69) is 0 Å². The first-order valence-corrected chi connectivity index (χ1v) is 3.84. The first-order valence-electron chi connectivity index (χ1n) is 2.28. The Bertz CT molecular complexity index is 66.1. The molecule has 1 heterocycles. The monoisotopic (exact) mass is 139 g/mol. The van der Waals surface area contributed by atoms with Crippen molar-refractivity contribution in [2.75, 3.05) is 11.5 Å². The van der Waals surface area contributed by atoms with Crippen LogP contribution in [0.5, 0.6) is 0 Å². The molecule has 0 bridgehead atoms. The molecule has 1 fully saturated rings. The molecule has 0 aromatic carbocycles. The molecule has 44 valence electrons. The lowest BCUT2D eigenvalue weighted by Gasteiger charge is -1.81. The highest BCUT2D eigenvalue weighted by Crippen LogP contribution is 2.04. The zero-order chi connectivity index (χ0) is 4.41. The van der Waals surface area contributed by atoms with E-state index in [4.69, 9.17) is 4.78 Å². The van der Waals surface area contributed by atoms with E-state index in [-0.39, 0.29) is 23.1 Å². The molecule has 1 aliphatic rings. The van der Waals surface area contributed by atoms with Gasteiger partial charge in [-0.05, 0) is 12.8 Å². The topological polar surface area (TPSA) is 23.9 Å². The van der Waals surface area contributed by atoms with Gasteiger partial charge in [0.1, 0.15) is 0 Å². The highest BCUT2D eigenvalue weighted by atomic mass is 35.5. The van der Waals surface area contributed by atoms with Crippen LogP contribution >= 0.6 is 12.4 Å². The Morgan fingerprint density at radius 1 is 1.14 bits per heavy atom.